The van der Waals surface area contributed by atoms with Gasteiger partial charge in [0.05, 0.1) is 21.7 Å². The number of anilines is 1. The first-order valence-electron chi connectivity index (χ1n) is 9.82. The molecule has 4 aromatic rings. The van der Waals surface area contributed by atoms with E-state index in [9.17, 15) is 22.8 Å². The minimum atomic E-state index is -4.59. The minimum absolute atomic E-state index is 0.0495. The molecule has 2 heterocycles. The van der Waals surface area contributed by atoms with Crippen molar-refractivity contribution in [1.29, 1.82) is 0 Å². The number of nitrogens with zero attached hydrogens (tertiary/aromatic N) is 2. The van der Waals surface area contributed by atoms with Crippen molar-refractivity contribution in [2.24, 2.45) is 0 Å². The third-order valence-electron chi connectivity index (χ3n) is 5.15. The zero-order valence-electron chi connectivity index (χ0n) is 17.4. The van der Waals surface area contributed by atoms with E-state index in [1.165, 1.54) is 22.8 Å². The summed E-state index contributed by atoms with van der Waals surface area (Å²) in [5, 5.41) is 2.71. The highest BCUT2D eigenvalue weighted by atomic mass is 35.5. The lowest BCUT2D eigenvalue weighted by Gasteiger charge is -2.18. The summed E-state index contributed by atoms with van der Waals surface area (Å²) in [6.07, 6.45) is -4.59. The predicted molar refractivity (Wildman–Crippen MR) is 124 cm³/mol. The van der Waals surface area contributed by atoms with Crippen molar-refractivity contribution in [2.75, 3.05) is 5.32 Å². The third kappa shape index (κ3) is 4.51. The minimum Gasteiger partial charge on any atom is -0.323 e. The number of aryl methyl sites for hydroxylation is 1. The first kappa shape index (κ1) is 23.0. The van der Waals surface area contributed by atoms with Gasteiger partial charge in [-0.3, -0.25) is 14.2 Å². The van der Waals surface area contributed by atoms with Crippen molar-refractivity contribution in [3.05, 3.63) is 81.4 Å². The topological polar surface area (TPSA) is 64.0 Å². The van der Waals surface area contributed by atoms with Gasteiger partial charge in [0.2, 0.25) is 5.91 Å². The first-order valence-corrected chi connectivity index (χ1v) is 11.0. The van der Waals surface area contributed by atoms with Crippen LogP contribution < -0.4 is 10.9 Å². The van der Waals surface area contributed by atoms with Crippen LogP contribution in [0, 0.1) is 6.92 Å². The van der Waals surface area contributed by atoms with Crippen LogP contribution in [0.2, 0.25) is 5.02 Å². The third-order valence-corrected chi connectivity index (χ3v) is 6.56. The van der Waals surface area contributed by atoms with E-state index in [1.54, 1.807) is 13.0 Å². The van der Waals surface area contributed by atoms with Gasteiger partial charge in [0.25, 0.3) is 5.56 Å². The average Bonchev–Trinajstić information content (AvgIpc) is 3.19. The number of hydrogen-bond acceptors (Lipinski definition) is 4. The Morgan fingerprint density at radius 2 is 1.85 bits per heavy atom. The molecule has 0 saturated carbocycles. The molecule has 4 rings (SSSR count). The summed E-state index contributed by atoms with van der Waals surface area (Å²) in [4.78, 5) is 32.0. The Kier molecular flexibility index (Phi) is 6.02. The number of aromatic nitrogens is 2. The van der Waals surface area contributed by atoms with Crippen LogP contribution in [0.1, 0.15) is 24.4 Å². The van der Waals surface area contributed by atoms with Gasteiger partial charge in [-0.25, -0.2) is 4.98 Å². The van der Waals surface area contributed by atoms with Crippen molar-refractivity contribution in [3.8, 4) is 10.4 Å². The largest absolute Gasteiger partial charge is 0.416 e. The fourth-order valence-electron chi connectivity index (χ4n) is 3.45. The summed E-state index contributed by atoms with van der Waals surface area (Å²) in [5.41, 5.74) is -0.606. The molecule has 0 fully saturated rings. The summed E-state index contributed by atoms with van der Waals surface area (Å²) in [5.74, 6) is -0.382. The molecule has 170 valence electrons. The Morgan fingerprint density at radius 1 is 1.15 bits per heavy atom. The highest BCUT2D eigenvalue weighted by Crippen LogP contribution is 2.34. The predicted octanol–water partition coefficient (Wildman–Crippen LogP) is 6.31. The van der Waals surface area contributed by atoms with Crippen LogP contribution in [0.15, 0.2) is 59.4 Å². The smallest absolute Gasteiger partial charge is 0.323 e. The fraction of sp³-hybridized carbons (Fsp3) is 0.174. The van der Waals surface area contributed by atoms with Gasteiger partial charge in [0.1, 0.15) is 16.7 Å². The summed E-state index contributed by atoms with van der Waals surface area (Å²) in [7, 11) is 0. The van der Waals surface area contributed by atoms with E-state index in [-0.39, 0.29) is 10.7 Å². The number of carbonyl (C=O) groups is 1. The number of benzene rings is 2. The Labute approximate surface area is 195 Å². The van der Waals surface area contributed by atoms with Crippen LogP contribution in [0.3, 0.4) is 0 Å². The molecule has 1 amide bonds. The second-order valence-electron chi connectivity index (χ2n) is 7.39. The van der Waals surface area contributed by atoms with Gasteiger partial charge < -0.3 is 5.32 Å². The second-order valence-corrected chi connectivity index (χ2v) is 8.83. The molecule has 0 radical (unpaired) electrons. The van der Waals surface area contributed by atoms with E-state index in [2.05, 4.69) is 10.3 Å². The maximum absolute atomic E-state index is 13.2. The van der Waals surface area contributed by atoms with E-state index in [0.717, 1.165) is 28.6 Å². The normalized spacial score (nSPS) is 12.7. The lowest BCUT2D eigenvalue weighted by Crippen LogP contribution is -2.33. The van der Waals surface area contributed by atoms with Crippen LogP contribution in [0.5, 0.6) is 0 Å². The molecule has 0 spiro atoms. The molecular formula is C23H17ClF3N3O2S. The standard InChI is InChI=1S/C23H17ClF3N3O2S/c1-12(20(31)29-18-10-15(23(25,26)27)8-9-17(18)24)30-13(2)28-21-16(22(30)32)11-19(33-21)14-6-4-3-5-7-14/h3-12H,1-2H3,(H,29,31). The number of hydrogen-bond donors (Lipinski definition) is 1. The monoisotopic (exact) mass is 491 g/mol. The van der Waals surface area contributed by atoms with E-state index in [0.29, 0.717) is 16.0 Å². The number of carbonyl (C=O) groups excluding carboxylic acids is 1. The maximum Gasteiger partial charge on any atom is 0.416 e. The molecule has 33 heavy (non-hydrogen) atoms. The molecule has 1 unspecified atom stereocenters. The van der Waals surface area contributed by atoms with Crippen molar-refractivity contribution >= 4 is 44.7 Å². The van der Waals surface area contributed by atoms with E-state index in [1.807, 2.05) is 30.3 Å². The Morgan fingerprint density at radius 3 is 2.52 bits per heavy atom. The van der Waals surface area contributed by atoms with E-state index in [4.69, 9.17) is 11.6 Å². The van der Waals surface area contributed by atoms with Crippen LogP contribution in [0.4, 0.5) is 18.9 Å². The molecule has 0 aliphatic heterocycles. The molecule has 2 aromatic heterocycles. The lowest BCUT2D eigenvalue weighted by molar-refractivity contribution is -0.137. The number of halogens is 4. The zero-order valence-corrected chi connectivity index (χ0v) is 19.0. The molecule has 1 N–H and O–H groups in total. The SMILES string of the molecule is Cc1nc2sc(-c3ccccc3)cc2c(=O)n1C(C)C(=O)Nc1cc(C(F)(F)F)ccc1Cl. The van der Waals surface area contributed by atoms with Crippen molar-refractivity contribution in [3.63, 3.8) is 0 Å². The molecule has 1 atom stereocenters. The van der Waals surface area contributed by atoms with Crippen LogP contribution >= 0.6 is 22.9 Å². The van der Waals surface area contributed by atoms with Gasteiger partial charge in [0.15, 0.2) is 0 Å². The molecule has 2 aromatic carbocycles. The second kappa shape index (κ2) is 8.64. The van der Waals surface area contributed by atoms with Gasteiger partial charge in [-0.1, -0.05) is 41.9 Å². The summed E-state index contributed by atoms with van der Waals surface area (Å²) >= 11 is 7.35. The van der Waals surface area contributed by atoms with Crippen molar-refractivity contribution < 1.29 is 18.0 Å². The molecular weight excluding hydrogens is 475 g/mol. The molecule has 5 nitrogen and oxygen atoms in total. The van der Waals surface area contributed by atoms with Crippen molar-refractivity contribution in [2.45, 2.75) is 26.1 Å². The zero-order chi connectivity index (χ0) is 23.9. The molecule has 0 aliphatic rings. The first-order chi connectivity index (χ1) is 15.6. The quantitative estimate of drug-likeness (QED) is 0.364. The van der Waals surface area contributed by atoms with Crippen LogP contribution in [-0.4, -0.2) is 15.5 Å². The Balaban J connectivity index is 1.69. The number of thiophene rings is 1. The van der Waals surface area contributed by atoms with Gasteiger partial charge in [0, 0.05) is 4.88 Å². The highest BCUT2D eigenvalue weighted by molar-refractivity contribution is 7.21. The van der Waals surface area contributed by atoms with E-state index < -0.39 is 29.2 Å². The number of nitrogens with one attached hydrogen (secondary N) is 1. The molecule has 0 bridgehead atoms. The van der Waals surface area contributed by atoms with Gasteiger partial charge >= 0.3 is 6.18 Å². The lowest BCUT2D eigenvalue weighted by atomic mass is 10.1. The highest BCUT2D eigenvalue weighted by Gasteiger charge is 2.31. The molecule has 0 saturated heterocycles. The number of fused-ring (bicyclic) bond motifs is 1. The summed E-state index contributed by atoms with van der Waals surface area (Å²) < 4.78 is 40.3. The maximum atomic E-state index is 13.2. The molecule has 0 aliphatic carbocycles. The fourth-order valence-corrected chi connectivity index (χ4v) is 4.69. The Bertz CT molecular complexity index is 1410. The molecule has 10 heteroatoms. The number of rotatable bonds is 4. The van der Waals surface area contributed by atoms with Crippen LogP contribution in [-0.2, 0) is 11.0 Å². The summed E-state index contributed by atoms with van der Waals surface area (Å²) in [6, 6.07) is 12.9. The number of amides is 1. The van der Waals surface area contributed by atoms with Crippen molar-refractivity contribution in [1.82, 2.24) is 9.55 Å². The Hall–Kier alpha value is -3.17. The van der Waals surface area contributed by atoms with Gasteiger partial charge in [-0.2, -0.15) is 13.2 Å². The number of alkyl halides is 3. The van der Waals surface area contributed by atoms with Crippen LogP contribution in [0.25, 0.3) is 20.7 Å². The average molecular weight is 492 g/mol. The summed E-state index contributed by atoms with van der Waals surface area (Å²) in [6.45, 7) is 3.08. The van der Waals surface area contributed by atoms with E-state index >= 15 is 0 Å². The van der Waals surface area contributed by atoms with Gasteiger partial charge in [-0.15, -0.1) is 11.3 Å². The van der Waals surface area contributed by atoms with Gasteiger partial charge in [-0.05, 0) is 43.7 Å².